The molecule has 0 rings (SSSR count). The van der Waals surface area contributed by atoms with Crippen LogP contribution in [-0.2, 0) is 14.3 Å². The monoisotopic (exact) mass is 1010 g/mol. The van der Waals surface area contributed by atoms with Crippen molar-refractivity contribution >= 4 is 11.9 Å². The molecule has 0 saturated carbocycles. The smallest absolute Gasteiger partial charge is 0.305 e. The maximum Gasteiger partial charge on any atom is 0.305 e. The largest absolute Gasteiger partial charge is 0.466 e. The van der Waals surface area contributed by atoms with Crippen molar-refractivity contribution in [2.24, 2.45) is 0 Å². The van der Waals surface area contributed by atoms with E-state index in [4.69, 9.17) is 4.74 Å². The van der Waals surface area contributed by atoms with Gasteiger partial charge < -0.3 is 20.3 Å². The highest BCUT2D eigenvalue weighted by Crippen LogP contribution is 2.17. The van der Waals surface area contributed by atoms with E-state index in [9.17, 15) is 19.8 Å². The topological polar surface area (TPSA) is 95.9 Å². The Morgan fingerprint density at radius 2 is 0.722 bits per heavy atom. The number of allylic oxidation sites excluding steroid dienone is 8. The van der Waals surface area contributed by atoms with Crippen LogP contribution in [-0.4, -0.2) is 47.4 Å². The summed E-state index contributed by atoms with van der Waals surface area (Å²) >= 11 is 0. The summed E-state index contributed by atoms with van der Waals surface area (Å²) in [7, 11) is 0. The third kappa shape index (κ3) is 57.1. The third-order valence-corrected chi connectivity index (χ3v) is 14.6. The van der Waals surface area contributed by atoms with Gasteiger partial charge in [0, 0.05) is 12.8 Å². The maximum atomic E-state index is 12.5. The molecule has 0 saturated heterocycles. The number of ether oxygens (including phenoxy) is 1. The van der Waals surface area contributed by atoms with Crippen molar-refractivity contribution in [3.63, 3.8) is 0 Å². The number of hydrogen-bond acceptors (Lipinski definition) is 5. The Labute approximate surface area is 448 Å². The number of aliphatic hydroxyl groups is 2. The van der Waals surface area contributed by atoms with E-state index in [0.29, 0.717) is 25.9 Å². The summed E-state index contributed by atoms with van der Waals surface area (Å²) in [6, 6.07) is -0.547. The molecule has 0 bridgehead atoms. The van der Waals surface area contributed by atoms with E-state index in [-0.39, 0.29) is 18.5 Å². The van der Waals surface area contributed by atoms with Crippen molar-refractivity contribution in [1.29, 1.82) is 0 Å². The number of hydrogen-bond donors (Lipinski definition) is 3. The third-order valence-electron chi connectivity index (χ3n) is 14.6. The van der Waals surface area contributed by atoms with Crippen molar-refractivity contribution in [1.82, 2.24) is 5.32 Å². The van der Waals surface area contributed by atoms with Crippen LogP contribution < -0.4 is 5.32 Å². The van der Waals surface area contributed by atoms with Crippen molar-refractivity contribution < 1.29 is 24.5 Å². The molecule has 0 radical (unpaired) electrons. The molecule has 6 nitrogen and oxygen atoms in total. The molecule has 0 fully saturated rings. The van der Waals surface area contributed by atoms with E-state index in [2.05, 4.69) is 67.8 Å². The summed E-state index contributed by atoms with van der Waals surface area (Å²) in [5, 5.41) is 23.3. The van der Waals surface area contributed by atoms with Crippen molar-refractivity contribution in [3.05, 3.63) is 48.6 Å². The number of amides is 1. The summed E-state index contributed by atoms with van der Waals surface area (Å²) in [6.07, 6.45) is 78.4. The molecule has 0 aromatic carbocycles. The van der Waals surface area contributed by atoms with E-state index in [1.54, 1.807) is 0 Å². The van der Waals surface area contributed by atoms with Crippen LogP contribution in [0.25, 0.3) is 0 Å². The lowest BCUT2D eigenvalue weighted by Gasteiger charge is -2.22. The average Bonchev–Trinajstić information content (AvgIpc) is 3.38. The molecular formula is C66H123NO5. The first-order chi connectivity index (χ1) is 35.5. The molecule has 0 spiro atoms. The van der Waals surface area contributed by atoms with Gasteiger partial charge in [-0.05, 0) is 83.5 Å². The van der Waals surface area contributed by atoms with Gasteiger partial charge in [0.15, 0.2) is 0 Å². The molecule has 2 atom stereocenters. The van der Waals surface area contributed by atoms with Crippen molar-refractivity contribution in [2.75, 3.05) is 13.2 Å². The summed E-state index contributed by atoms with van der Waals surface area (Å²) in [6.45, 7) is 4.89. The Balaban J connectivity index is 3.44. The molecule has 2 unspecified atom stereocenters. The highest BCUT2D eigenvalue weighted by atomic mass is 16.5. The van der Waals surface area contributed by atoms with E-state index >= 15 is 0 Å². The van der Waals surface area contributed by atoms with Crippen LogP contribution >= 0.6 is 0 Å². The number of esters is 1. The summed E-state index contributed by atoms with van der Waals surface area (Å²) in [5.41, 5.74) is 0. The Bertz CT molecular complexity index is 1210. The van der Waals surface area contributed by atoms with Gasteiger partial charge >= 0.3 is 5.97 Å². The minimum Gasteiger partial charge on any atom is -0.466 e. The van der Waals surface area contributed by atoms with Gasteiger partial charge in [0.2, 0.25) is 5.91 Å². The first-order valence-electron chi connectivity index (χ1n) is 31.9. The van der Waals surface area contributed by atoms with E-state index in [1.165, 1.54) is 244 Å². The molecule has 3 N–H and O–H groups in total. The maximum absolute atomic E-state index is 12.5. The fourth-order valence-corrected chi connectivity index (χ4v) is 9.71. The standard InChI is InChI=1S/C66H123NO5/c1-3-5-7-9-11-13-15-17-18-28-31-35-38-42-46-50-54-58-64(69)63(62-68)67-65(70)59-55-51-47-43-39-36-32-29-26-24-22-20-19-21-23-25-27-30-33-37-41-45-49-53-57-61-72-66(71)60-56-52-48-44-40-34-16-14-12-10-8-6-4-2/h8,10,14,16,20-23,63-64,68-69H,3-7,9,11-13,15,17-19,24-62H2,1-2H3,(H,67,70)/b10-8-,16-14-,22-20-,23-21-. The van der Waals surface area contributed by atoms with E-state index in [0.717, 1.165) is 57.8 Å². The molecule has 6 heteroatoms. The molecule has 0 aliphatic heterocycles. The van der Waals surface area contributed by atoms with Gasteiger partial charge in [0.1, 0.15) is 0 Å². The molecule has 72 heavy (non-hydrogen) atoms. The molecule has 422 valence electrons. The Hall–Kier alpha value is -2.18. The minimum atomic E-state index is -0.669. The van der Waals surface area contributed by atoms with Gasteiger partial charge in [-0.15, -0.1) is 0 Å². The lowest BCUT2D eigenvalue weighted by Crippen LogP contribution is -2.45. The lowest BCUT2D eigenvalue weighted by molar-refractivity contribution is -0.143. The number of rotatable bonds is 59. The second kappa shape index (κ2) is 61.4. The molecular weight excluding hydrogens is 887 g/mol. The molecule has 0 aliphatic carbocycles. The van der Waals surface area contributed by atoms with Crippen LogP contribution in [0.2, 0.25) is 0 Å². The molecule has 0 aliphatic rings. The zero-order valence-electron chi connectivity index (χ0n) is 48.2. The minimum absolute atomic E-state index is 0.00655. The van der Waals surface area contributed by atoms with Gasteiger partial charge in [-0.25, -0.2) is 0 Å². The summed E-state index contributed by atoms with van der Waals surface area (Å²) in [4.78, 5) is 24.5. The number of nitrogens with one attached hydrogen (secondary N) is 1. The molecule has 1 amide bonds. The highest BCUT2D eigenvalue weighted by molar-refractivity contribution is 5.76. The van der Waals surface area contributed by atoms with Gasteiger partial charge in [0.25, 0.3) is 0 Å². The van der Waals surface area contributed by atoms with Crippen LogP contribution in [0.3, 0.4) is 0 Å². The predicted octanol–water partition coefficient (Wildman–Crippen LogP) is 20.1. The fraction of sp³-hybridized carbons (Fsp3) is 0.848. The Morgan fingerprint density at radius 1 is 0.389 bits per heavy atom. The number of aliphatic hydroxyl groups excluding tert-OH is 2. The second-order valence-electron chi connectivity index (χ2n) is 21.7. The molecule has 0 aromatic rings. The summed E-state index contributed by atoms with van der Waals surface area (Å²) < 4.78 is 5.46. The van der Waals surface area contributed by atoms with Gasteiger partial charge in [-0.2, -0.15) is 0 Å². The quantitative estimate of drug-likeness (QED) is 0.0320. The molecule has 0 aromatic heterocycles. The van der Waals surface area contributed by atoms with Crippen LogP contribution in [0, 0.1) is 0 Å². The SMILES string of the molecule is CCC/C=C\C/C=C\CCCCCCCC(=O)OCCCCCCCCCCC/C=C\C/C=C\CCCCCCCCCCCC(=O)NC(CO)C(O)CCCCCCCCCCCCCCCCCCC. The van der Waals surface area contributed by atoms with Crippen LogP contribution in [0.1, 0.15) is 335 Å². The first kappa shape index (κ1) is 69.8. The van der Waals surface area contributed by atoms with E-state index < -0.39 is 12.1 Å². The Kier molecular flexibility index (Phi) is 59.5. The van der Waals surface area contributed by atoms with Crippen molar-refractivity contribution in [3.8, 4) is 0 Å². The average molecular weight is 1010 g/mol. The van der Waals surface area contributed by atoms with Gasteiger partial charge in [-0.3, -0.25) is 9.59 Å². The van der Waals surface area contributed by atoms with Gasteiger partial charge in [-0.1, -0.05) is 287 Å². The normalized spacial score (nSPS) is 12.9. The summed E-state index contributed by atoms with van der Waals surface area (Å²) in [5.74, 6) is -0.0461. The second-order valence-corrected chi connectivity index (χ2v) is 21.7. The number of unbranched alkanes of at least 4 members (excludes halogenated alkanes) is 40. The van der Waals surface area contributed by atoms with Crippen LogP contribution in [0.15, 0.2) is 48.6 Å². The van der Waals surface area contributed by atoms with Crippen LogP contribution in [0.5, 0.6) is 0 Å². The molecule has 0 heterocycles. The number of carbonyl (C=O) groups is 2. The Morgan fingerprint density at radius 3 is 1.11 bits per heavy atom. The zero-order valence-corrected chi connectivity index (χ0v) is 48.2. The van der Waals surface area contributed by atoms with Gasteiger partial charge in [0.05, 0.1) is 25.4 Å². The van der Waals surface area contributed by atoms with E-state index in [1.807, 2.05) is 0 Å². The zero-order chi connectivity index (χ0) is 52.2. The van der Waals surface area contributed by atoms with Crippen LogP contribution in [0.4, 0.5) is 0 Å². The first-order valence-corrected chi connectivity index (χ1v) is 31.9. The fourth-order valence-electron chi connectivity index (χ4n) is 9.71. The number of carbonyl (C=O) groups excluding carboxylic acids is 2. The lowest BCUT2D eigenvalue weighted by atomic mass is 10.0. The predicted molar refractivity (Wildman–Crippen MR) is 315 cm³/mol. The van der Waals surface area contributed by atoms with Crippen molar-refractivity contribution in [2.45, 2.75) is 347 Å². The highest BCUT2D eigenvalue weighted by Gasteiger charge is 2.20.